The van der Waals surface area contributed by atoms with Gasteiger partial charge in [-0.25, -0.2) is 0 Å². The number of allylic oxidation sites excluding steroid dienone is 2. The highest BCUT2D eigenvalue weighted by atomic mass is 16.4. The molecule has 1 N–H and O–H groups in total. The second-order valence-electron chi connectivity index (χ2n) is 6.62. The minimum absolute atomic E-state index is 0.0484. The van der Waals surface area contributed by atoms with Gasteiger partial charge < -0.3 is 14.9 Å². The third kappa shape index (κ3) is 2.21. The molecule has 1 aliphatic carbocycles. The lowest BCUT2D eigenvalue weighted by atomic mass is 9.77. The van der Waals surface area contributed by atoms with Gasteiger partial charge in [0.25, 0.3) is 0 Å². The average molecular weight is 306 g/mol. The maximum absolute atomic E-state index is 12.5. The lowest BCUT2D eigenvalue weighted by molar-refractivity contribution is -0.147. The first-order chi connectivity index (χ1) is 10.5. The maximum Gasteiger partial charge on any atom is 0.309 e. The quantitative estimate of drug-likeness (QED) is 0.768. The van der Waals surface area contributed by atoms with E-state index >= 15 is 0 Å². The number of likely N-dealkylation sites (tertiary alicyclic amines) is 2. The molecule has 0 aromatic carbocycles. The number of amides is 2. The molecular weight excluding hydrogens is 284 g/mol. The van der Waals surface area contributed by atoms with Crippen LogP contribution in [-0.2, 0) is 14.4 Å². The van der Waals surface area contributed by atoms with Crippen molar-refractivity contribution < 1.29 is 19.5 Å². The Bertz CT molecular complexity index is 526. The second kappa shape index (κ2) is 5.41. The van der Waals surface area contributed by atoms with Gasteiger partial charge in [0, 0.05) is 32.5 Å². The zero-order chi connectivity index (χ0) is 15.9. The van der Waals surface area contributed by atoms with Crippen LogP contribution in [0.25, 0.3) is 0 Å². The van der Waals surface area contributed by atoms with Crippen molar-refractivity contribution in [3.05, 3.63) is 12.2 Å². The molecule has 0 saturated carbocycles. The lowest BCUT2D eigenvalue weighted by Gasteiger charge is -2.45. The normalized spacial score (nSPS) is 27.9. The Balaban J connectivity index is 1.70. The van der Waals surface area contributed by atoms with Gasteiger partial charge in [-0.05, 0) is 25.7 Å². The number of carboxylic acids is 1. The third-order valence-electron chi connectivity index (χ3n) is 5.67. The van der Waals surface area contributed by atoms with E-state index in [1.54, 1.807) is 11.9 Å². The molecule has 1 atom stereocenters. The van der Waals surface area contributed by atoms with E-state index in [2.05, 4.69) is 0 Å². The van der Waals surface area contributed by atoms with Crippen LogP contribution in [0.15, 0.2) is 12.2 Å². The first-order valence-corrected chi connectivity index (χ1v) is 7.89. The van der Waals surface area contributed by atoms with Gasteiger partial charge >= 0.3 is 5.97 Å². The van der Waals surface area contributed by atoms with Crippen molar-refractivity contribution in [3.8, 4) is 0 Å². The van der Waals surface area contributed by atoms with Crippen LogP contribution < -0.4 is 0 Å². The predicted molar refractivity (Wildman–Crippen MR) is 78.9 cm³/mol. The van der Waals surface area contributed by atoms with Crippen molar-refractivity contribution in [2.24, 2.45) is 11.8 Å². The van der Waals surface area contributed by atoms with Crippen molar-refractivity contribution in [3.63, 3.8) is 0 Å². The molecular formula is C16H22N2O4. The molecule has 2 fully saturated rings. The number of hydrogen-bond acceptors (Lipinski definition) is 3. The molecule has 120 valence electrons. The molecule has 0 aromatic rings. The zero-order valence-corrected chi connectivity index (χ0v) is 12.8. The zero-order valence-electron chi connectivity index (χ0n) is 12.8. The molecule has 3 aliphatic rings. The van der Waals surface area contributed by atoms with E-state index in [0.717, 1.165) is 12.8 Å². The monoisotopic (exact) mass is 306 g/mol. The fraction of sp³-hybridized carbons (Fsp3) is 0.688. The largest absolute Gasteiger partial charge is 0.481 e. The van der Waals surface area contributed by atoms with Crippen LogP contribution in [0, 0.1) is 11.8 Å². The third-order valence-corrected chi connectivity index (χ3v) is 5.67. The van der Waals surface area contributed by atoms with E-state index < -0.39 is 17.4 Å². The van der Waals surface area contributed by atoms with Crippen molar-refractivity contribution in [1.29, 1.82) is 0 Å². The molecule has 0 bridgehead atoms. The highest BCUT2D eigenvalue weighted by Crippen LogP contribution is 2.43. The molecule has 2 saturated heterocycles. The number of piperidine rings is 1. The topological polar surface area (TPSA) is 77.9 Å². The number of rotatable bonds is 2. The van der Waals surface area contributed by atoms with E-state index in [4.69, 9.17) is 0 Å². The molecule has 0 unspecified atom stereocenters. The van der Waals surface area contributed by atoms with Crippen LogP contribution in [0.1, 0.15) is 32.1 Å². The van der Waals surface area contributed by atoms with E-state index in [9.17, 15) is 19.5 Å². The Morgan fingerprint density at radius 2 is 1.82 bits per heavy atom. The molecule has 6 nitrogen and oxygen atoms in total. The van der Waals surface area contributed by atoms with E-state index in [-0.39, 0.29) is 24.2 Å². The summed E-state index contributed by atoms with van der Waals surface area (Å²) in [5.74, 6) is -1.45. The van der Waals surface area contributed by atoms with Crippen molar-refractivity contribution in [2.75, 3.05) is 20.1 Å². The van der Waals surface area contributed by atoms with Crippen molar-refractivity contribution in [1.82, 2.24) is 9.80 Å². The number of hydrogen-bond donors (Lipinski definition) is 1. The number of aliphatic carboxylic acids is 1. The summed E-state index contributed by atoms with van der Waals surface area (Å²) in [6.07, 6.45) is 6.87. The Hall–Kier alpha value is -1.85. The first-order valence-electron chi connectivity index (χ1n) is 7.89. The smallest absolute Gasteiger partial charge is 0.309 e. The van der Waals surface area contributed by atoms with Crippen LogP contribution >= 0.6 is 0 Å². The van der Waals surface area contributed by atoms with Gasteiger partial charge in [-0.1, -0.05) is 12.2 Å². The van der Waals surface area contributed by atoms with Crippen molar-refractivity contribution >= 4 is 17.8 Å². The number of carboxylic acid groups (broad SMARTS) is 1. The predicted octanol–water partition coefficient (Wildman–Crippen LogP) is 0.877. The van der Waals surface area contributed by atoms with Crippen LogP contribution in [0.4, 0.5) is 0 Å². The number of carbonyl (C=O) groups is 3. The Morgan fingerprint density at radius 3 is 2.36 bits per heavy atom. The van der Waals surface area contributed by atoms with Gasteiger partial charge in [-0.2, -0.15) is 0 Å². The summed E-state index contributed by atoms with van der Waals surface area (Å²) in [7, 11) is 1.70. The number of carbonyl (C=O) groups excluding carboxylic acids is 2. The van der Waals surface area contributed by atoms with Crippen molar-refractivity contribution in [2.45, 2.75) is 37.6 Å². The van der Waals surface area contributed by atoms with E-state index in [0.29, 0.717) is 25.9 Å². The van der Waals surface area contributed by atoms with Crippen LogP contribution in [0.2, 0.25) is 0 Å². The highest BCUT2D eigenvalue weighted by Gasteiger charge is 2.55. The number of nitrogens with zero attached hydrogens (tertiary/aromatic N) is 2. The summed E-state index contributed by atoms with van der Waals surface area (Å²) in [6.45, 7) is 1.08. The standard InChI is InChI=1S/C16H22N2O4/c1-17-13(19)10-12(15(21)22)16(17)6-8-18(9-7-16)14(20)11-4-2-3-5-11/h2-3,11-12H,4-10H2,1H3,(H,21,22)/t12-/m0/s1. The first kappa shape index (κ1) is 15.1. The van der Waals surface area contributed by atoms with Gasteiger partial charge in [0.1, 0.15) is 0 Å². The minimum Gasteiger partial charge on any atom is -0.481 e. The van der Waals surface area contributed by atoms with Gasteiger partial charge in [0.05, 0.1) is 11.5 Å². The van der Waals surface area contributed by atoms with E-state index in [1.807, 2.05) is 17.1 Å². The Labute approximate surface area is 129 Å². The molecule has 2 aliphatic heterocycles. The van der Waals surface area contributed by atoms with E-state index in [1.165, 1.54) is 0 Å². The summed E-state index contributed by atoms with van der Waals surface area (Å²) >= 11 is 0. The average Bonchev–Trinajstić information content (AvgIpc) is 3.11. The fourth-order valence-electron chi connectivity index (χ4n) is 4.18. The second-order valence-corrected chi connectivity index (χ2v) is 6.62. The minimum atomic E-state index is -0.905. The summed E-state index contributed by atoms with van der Waals surface area (Å²) in [4.78, 5) is 39.4. The molecule has 3 rings (SSSR count). The lowest BCUT2D eigenvalue weighted by Crippen LogP contribution is -2.57. The molecule has 0 aromatic heterocycles. The molecule has 2 amide bonds. The summed E-state index contributed by atoms with van der Waals surface area (Å²) < 4.78 is 0. The summed E-state index contributed by atoms with van der Waals surface area (Å²) in [5.41, 5.74) is -0.617. The fourth-order valence-corrected chi connectivity index (χ4v) is 4.18. The Kier molecular flexibility index (Phi) is 3.70. The summed E-state index contributed by atoms with van der Waals surface area (Å²) in [5, 5.41) is 9.45. The van der Waals surface area contributed by atoms with Crippen LogP contribution in [0.5, 0.6) is 0 Å². The molecule has 6 heteroatoms. The highest BCUT2D eigenvalue weighted by molar-refractivity contribution is 5.88. The Morgan fingerprint density at radius 1 is 1.23 bits per heavy atom. The van der Waals surface area contributed by atoms with Gasteiger partial charge in [0.2, 0.25) is 11.8 Å². The van der Waals surface area contributed by atoms with Gasteiger partial charge in [-0.3, -0.25) is 14.4 Å². The van der Waals surface area contributed by atoms with Gasteiger partial charge in [-0.15, -0.1) is 0 Å². The molecule has 0 radical (unpaired) electrons. The molecule has 1 spiro atoms. The summed E-state index contributed by atoms with van der Waals surface area (Å²) in [6, 6.07) is 0. The van der Waals surface area contributed by atoms with Crippen LogP contribution in [-0.4, -0.2) is 58.4 Å². The van der Waals surface area contributed by atoms with Crippen LogP contribution in [0.3, 0.4) is 0 Å². The molecule has 22 heavy (non-hydrogen) atoms. The maximum atomic E-state index is 12.5. The van der Waals surface area contributed by atoms with Gasteiger partial charge in [0.15, 0.2) is 0 Å². The SMILES string of the molecule is CN1C(=O)C[C@@H](C(=O)O)C12CCN(C(=O)C1CC=CC1)CC2. The molecule has 2 heterocycles.